The fraction of sp³-hybridized carbons (Fsp3) is 0.600. The molecule has 26 heavy (non-hydrogen) atoms. The minimum absolute atomic E-state index is 0.471. The van der Waals surface area contributed by atoms with Crippen LogP contribution in [0.5, 0.6) is 0 Å². The number of aryl methyl sites for hydroxylation is 2. The Labute approximate surface area is 160 Å². The van der Waals surface area contributed by atoms with Gasteiger partial charge in [0.05, 0.1) is 0 Å². The molecule has 1 unspecified atom stereocenters. The van der Waals surface area contributed by atoms with Gasteiger partial charge in [-0.3, -0.25) is 14.5 Å². The van der Waals surface area contributed by atoms with E-state index < -0.39 is 11.8 Å². The van der Waals surface area contributed by atoms with Crippen molar-refractivity contribution in [3.63, 3.8) is 0 Å². The normalized spacial score (nSPS) is 21.5. The van der Waals surface area contributed by atoms with Crippen LogP contribution < -0.4 is 10.6 Å². The molecule has 1 aromatic carbocycles. The minimum Gasteiger partial charge on any atom is -0.348 e. The molecule has 0 bridgehead atoms. The summed E-state index contributed by atoms with van der Waals surface area (Å²) < 4.78 is 0. The number of rotatable bonds is 4. The van der Waals surface area contributed by atoms with E-state index in [1.165, 1.54) is 17.9 Å². The molecule has 2 aliphatic heterocycles. The molecule has 1 aromatic rings. The zero-order chi connectivity index (χ0) is 18.5. The molecule has 0 radical (unpaired) electrons. The molecule has 2 saturated heterocycles. The van der Waals surface area contributed by atoms with E-state index >= 15 is 0 Å². The molecule has 2 aliphatic rings. The first-order valence-electron chi connectivity index (χ1n) is 9.50. The van der Waals surface area contributed by atoms with Gasteiger partial charge in [-0.15, -0.1) is 0 Å². The fourth-order valence-corrected chi connectivity index (χ4v) is 5.14. The van der Waals surface area contributed by atoms with E-state index in [2.05, 4.69) is 27.3 Å². The summed E-state index contributed by atoms with van der Waals surface area (Å²) in [6.07, 6.45) is 3.50. The number of amides is 2. The number of anilines is 1. The summed E-state index contributed by atoms with van der Waals surface area (Å²) in [5, 5.41) is 5.51. The molecule has 0 saturated carbocycles. The third-order valence-electron chi connectivity index (χ3n) is 5.31. The second-order valence-corrected chi connectivity index (χ2v) is 8.69. The summed E-state index contributed by atoms with van der Waals surface area (Å²) in [4.78, 5) is 26.8. The molecule has 2 N–H and O–H groups in total. The number of hydrogen-bond donors (Lipinski definition) is 2. The van der Waals surface area contributed by atoms with Crippen molar-refractivity contribution >= 4 is 29.3 Å². The lowest BCUT2D eigenvalue weighted by Crippen LogP contribution is -2.45. The van der Waals surface area contributed by atoms with Crippen LogP contribution >= 0.6 is 11.8 Å². The average molecular weight is 376 g/mol. The minimum atomic E-state index is -0.588. The second-order valence-electron chi connectivity index (χ2n) is 7.54. The summed E-state index contributed by atoms with van der Waals surface area (Å²) in [5.74, 6) is 1.89. The number of benzene rings is 1. The van der Waals surface area contributed by atoms with Crippen molar-refractivity contribution in [2.24, 2.45) is 5.92 Å². The van der Waals surface area contributed by atoms with Crippen LogP contribution in [0.3, 0.4) is 0 Å². The molecule has 5 nitrogen and oxygen atoms in total. The first-order chi connectivity index (χ1) is 12.5. The van der Waals surface area contributed by atoms with Crippen molar-refractivity contribution in [2.45, 2.75) is 39.2 Å². The Hall–Kier alpha value is -1.53. The van der Waals surface area contributed by atoms with E-state index in [0.29, 0.717) is 18.2 Å². The van der Waals surface area contributed by atoms with Gasteiger partial charge in [0.1, 0.15) is 0 Å². The SMILES string of the molecule is Cc1cc(C)cc(NC(=O)C(=O)NCC2CCN(C3CCSC3)CC2)c1. The van der Waals surface area contributed by atoms with Gasteiger partial charge in [0, 0.05) is 24.0 Å². The van der Waals surface area contributed by atoms with Gasteiger partial charge in [-0.1, -0.05) is 6.07 Å². The highest BCUT2D eigenvalue weighted by atomic mass is 32.2. The monoisotopic (exact) mass is 375 g/mol. The standard InChI is InChI=1S/C20H29N3O2S/c1-14-9-15(2)11-17(10-14)22-20(25)19(24)21-12-16-3-6-23(7-4-16)18-5-8-26-13-18/h9-11,16,18H,3-8,12-13H2,1-2H3,(H,21,24)(H,22,25). The van der Waals surface area contributed by atoms with E-state index in [1.54, 1.807) is 0 Å². The van der Waals surface area contributed by atoms with Crippen LogP contribution in [0.15, 0.2) is 18.2 Å². The number of nitrogens with zero attached hydrogens (tertiary/aromatic N) is 1. The maximum atomic E-state index is 12.1. The molecule has 0 spiro atoms. The van der Waals surface area contributed by atoms with Crippen molar-refractivity contribution in [3.05, 3.63) is 29.3 Å². The maximum absolute atomic E-state index is 12.1. The fourth-order valence-electron chi connectivity index (χ4n) is 3.88. The Morgan fingerprint density at radius 3 is 2.38 bits per heavy atom. The van der Waals surface area contributed by atoms with Crippen LogP contribution in [0.1, 0.15) is 30.4 Å². The van der Waals surface area contributed by atoms with Crippen molar-refractivity contribution in [3.8, 4) is 0 Å². The van der Waals surface area contributed by atoms with Crippen LogP contribution in [0, 0.1) is 19.8 Å². The van der Waals surface area contributed by atoms with E-state index in [1.807, 2.05) is 32.0 Å². The molecule has 142 valence electrons. The topological polar surface area (TPSA) is 61.4 Å². The Balaban J connectivity index is 1.40. The molecule has 0 aromatic heterocycles. The lowest BCUT2D eigenvalue weighted by Gasteiger charge is -2.35. The molecular formula is C20H29N3O2S. The van der Waals surface area contributed by atoms with Gasteiger partial charge in [-0.2, -0.15) is 11.8 Å². The predicted molar refractivity (Wildman–Crippen MR) is 108 cm³/mol. The number of likely N-dealkylation sites (tertiary alicyclic amines) is 1. The number of thioether (sulfide) groups is 1. The van der Waals surface area contributed by atoms with Crippen molar-refractivity contribution in [1.82, 2.24) is 10.2 Å². The molecule has 3 rings (SSSR count). The first kappa shape index (κ1) is 19.2. The van der Waals surface area contributed by atoms with Crippen LogP contribution in [0.4, 0.5) is 5.69 Å². The van der Waals surface area contributed by atoms with Crippen LogP contribution in [0.2, 0.25) is 0 Å². The molecule has 1 atom stereocenters. The summed E-state index contributed by atoms with van der Waals surface area (Å²) in [7, 11) is 0. The van der Waals surface area contributed by atoms with Gasteiger partial charge in [0.2, 0.25) is 0 Å². The molecule has 2 fully saturated rings. The van der Waals surface area contributed by atoms with Crippen LogP contribution in [-0.2, 0) is 9.59 Å². The Kier molecular flexibility index (Phi) is 6.59. The van der Waals surface area contributed by atoms with Crippen LogP contribution in [0.25, 0.3) is 0 Å². The third kappa shape index (κ3) is 5.24. The number of nitrogens with one attached hydrogen (secondary N) is 2. The molecule has 2 heterocycles. The van der Waals surface area contributed by atoms with E-state index in [9.17, 15) is 9.59 Å². The Morgan fingerprint density at radius 1 is 1.08 bits per heavy atom. The summed E-state index contributed by atoms with van der Waals surface area (Å²) in [6, 6.07) is 6.52. The second kappa shape index (κ2) is 8.91. The lowest BCUT2D eigenvalue weighted by molar-refractivity contribution is -0.136. The van der Waals surface area contributed by atoms with Gasteiger partial charge in [0.25, 0.3) is 0 Å². The summed E-state index contributed by atoms with van der Waals surface area (Å²) in [6.45, 7) is 6.76. The zero-order valence-electron chi connectivity index (χ0n) is 15.7. The smallest absolute Gasteiger partial charge is 0.313 e. The molecular weight excluding hydrogens is 346 g/mol. The van der Waals surface area contributed by atoms with Gasteiger partial charge < -0.3 is 10.6 Å². The Morgan fingerprint density at radius 2 is 1.77 bits per heavy atom. The molecule has 6 heteroatoms. The highest BCUT2D eigenvalue weighted by molar-refractivity contribution is 7.99. The summed E-state index contributed by atoms with van der Waals surface area (Å²) in [5.41, 5.74) is 2.80. The van der Waals surface area contributed by atoms with E-state index in [4.69, 9.17) is 0 Å². The highest BCUT2D eigenvalue weighted by Gasteiger charge is 2.27. The maximum Gasteiger partial charge on any atom is 0.313 e. The summed E-state index contributed by atoms with van der Waals surface area (Å²) >= 11 is 2.05. The predicted octanol–water partition coefficient (Wildman–Crippen LogP) is 2.58. The number of piperidine rings is 1. The van der Waals surface area contributed by atoms with Crippen molar-refractivity contribution in [2.75, 3.05) is 36.5 Å². The van der Waals surface area contributed by atoms with Crippen molar-refractivity contribution < 1.29 is 9.59 Å². The molecule has 0 aliphatic carbocycles. The number of carbonyl (C=O) groups excluding carboxylic acids is 2. The van der Waals surface area contributed by atoms with Gasteiger partial charge in [-0.25, -0.2) is 0 Å². The molecule has 2 amide bonds. The first-order valence-corrected chi connectivity index (χ1v) is 10.7. The quantitative estimate of drug-likeness (QED) is 0.794. The van der Waals surface area contributed by atoms with E-state index in [-0.39, 0.29) is 0 Å². The van der Waals surface area contributed by atoms with E-state index in [0.717, 1.165) is 43.1 Å². The number of carbonyl (C=O) groups is 2. The van der Waals surface area contributed by atoms with Gasteiger partial charge in [-0.05, 0) is 81.1 Å². The van der Waals surface area contributed by atoms with Gasteiger partial charge in [0.15, 0.2) is 0 Å². The zero-order valence-corrected chi connectivity index (χ0v) is 16.5. The van der Waals surface area contributed by atoms with Crippen molar-refractivity contribution in [1.29, 1.82) is 0 Å². The number of hydrogen-bond acceptors (Lipinski definition) is 4. The van der Waals surface area contributed by atoms with Crippen LogP contribution in [-0.4, -0.2) is 53.9 Å². The van der Waals surface area contributed by atoms with Gasteiger partial charge >= 0.3 is 11.8 Å². The largest absolute Gasteiger partial charge is 0.348 e. The highest BCUT2D eigenvalue weighted by Crippen LogP contribution is 2.26. The Bertz CT molecular complexity index is 630. The lowest BCUT2D eigenvalue weighted by atomic mass is 9.95. The third-order valence-corrected chi connectivity index (χ3v) is 6.45. The average Bonchev–Trinajstić information content (AvgIpc) is 3.13.